The molecule has 100 valence electrons. The Bertz CT molecular complexity index is 380. The van der Waals surface area contributed by atoms with Crippen molar-refractivity contribution in [1.29, 1.82) is 0 Å². The molecular weight excluding hydrogens is 306 g/mol. The molecule has 1 aromatic rings. The van der Waals surface area contributed by atoms with Crippen LogP contribution in [0.2, 0.25) is 0 Å². The topological polar surface area (TPSA) is 12.0 Å². The Morgan fingerprint density at radius 1 is 1.28 bits per heavy atom. The van der Waals surface area contributed by atoms with Crippen molar-refractivity contribution < 1.29 is 0 Å². The largest absolute Gasteiger partial charge is 0.314 e. The van der Waals surface area contributed by atoms with Crippen molar-refractivity contribution >= 4 is 27.3 Å². The zero-order valence-corrected chi connectivity index (χ0v) is 13.2. The normalized spacial score (nSPS) is 22.5. The third-order valence-electron chi connectivity index (χ3n) is 4.40. The summed E-state index contributed by atoms with van der Waals surface area (Å²) in [7, 11) is 0. The summed E-state index contributed by atoms with van der Waals surface area (Å²) in [6.45, 7) is 1.24. The van der Waals surface area contributed by atoms with Crippen LogP contribution in [0, 0.1) is 11.8 Å². The maximum Gasteiger partial charge on any atom is 0.0285 e. The Hall–Kier alpha value is 0.140. The summed E-state index contributed by atoms with van der Waals surface area (Å²) >= 11 is 5.48. The van der Waals surface area contributed by atoms with Crippen LogP contribution < -0.4 is 5.32 Å². The highest BCUT2D eigenvalue weighted by Crippen LogP contribution is 2.35. The molecule has 0 amide bonds. The van der Waals surface area contributed by atoms with E-state index >= 15 is 0 Å². The minimum Gasteiger partial charge on any atom is -0.314 e. The van der Waals surface area contributed by atoms with Gasteiger partial charge in [-0.05, 0) is 59.6 Å². The van der Waals surface area contributed by atoms with Crippen molar-refractivity contribution in [2.24, 2.45) is 11.8 Å². The van der Waals surface area contributed by atoms with Gasteiger partial charge in [0, 0.05) is 20.8 Å². The van der Waals surface area contributed by atoms with Gasteiger partial charge in [0.05, 0.1) is 0 Å². The minimum absolute atomic E-state index is 0.851. The molecule has 0 spiro atoms. The molecule has 0 aliphatic heterocycles. The zero-order valence-electron chi connectivity index (χ0n) is 10.8. The van der Waals surface area contributed by atoms with Gasteiger partial charge in [0.25, 0.3) is 0 Å². The smallest absolute Gasteiger partial charge is 0.0285 e. The highest BCUT2D eigenvalue weighted by atomic mass is 79.9. The molecule has 0 aromatic carbocycles. The summed E-state index contributed by atoms with van der Waals surface area (Å²) in [5.41, 5.74) is 0. The van der Waals surface area contributed by atoms with E-state index in [1.54, 1.807) is 4.88 Å². The Kier molecular flexibility index (Phi) is 4.42. The first-order valence-electron chi connectivity index (χ1n) is 7.27. The molecule has 3 rings (SSSR count). The summed E-state index contributed by atoms with van der Waals surface area (Å²) in [6, 6.07) is 3.16. The lowest BCUT2D eigenvalue weighted by Crippen LogP contribution is -2.30. The molecule has 18 heavy (non-hydrogen) atoms. The third-order valence-corrected chi connectivity index (χ3v) is 6.12. The standard InChI is InChI=1S/C15H22BrNS/c16-13-8-15(18-10-13)7-12(9-17-14-5-6-14)11-3-1-2-4-11/h8,10-12,14,17H,1-7,9H2. The van der Waals surface area contributed by atoms with Gasteiger partial charge in [0.2, 0.25) is 0 Å². The first-order valence-corrected chi connectivity index (χ1v) is 8.95. The molecule has 0 radical (unpaired) electrons. The maximum atomic E-state index is 3.75. The average Bonchev–Trinajstić information content (AvgIpc) is 2.86. The molecule has 1 heterocycles. The fourth-order valence-electron chi connectivity index (χ4n) is 3.16. The highest BCUT2D eigenvalue weighted by Gasteiger charge is 2.28. The SMILES string of the molecule is Brc1csc(CC(CNC2CC2)C2CCCC2)c1. The van der Waals surface area contributed by atoms with Gasteiger partial charge in [0.1, 0.15) is 0 Å². The molecule has 2 fully saturated rings. The Labute approximate surface area is 122 Å². The van der Waals surface area contributed by atoms with E-state index in [4.69, 9.17) is 0 Å². The Morgan fingerprint density at radius 2 is 2.06 bits per heavy atom. The van der Waals surface area contributed by atoms with Gasteiger partial charge >= 0.3 is 0 Å². The van der Waals surface area contributed by atoms with Gasteiger partial charge in [-0.25, -0.2) is 0 Å². The molecule has 1 unspecified atom stereocenters. The molecule has 0 saturated heterocycles. The average molecular weight is 328 g/mol. The van der Waals surface area contributed by atoms with E-state index in [0.717, 1.165) is 17.9 Å². The van der Waals surface area contributed by atoms with Crippen molar-refractivity contribution in [2.45, 2.75) is 51.0 Å². The quantitative estimate of drug-likeness (QED) is 0.804. The molecule has 1 N–H and O–H groups in total. The van der Waals surface area contributed by atoms with Crippen LogP contribution in [0.15, 0.2) is 15.9 Å². The summed E-state index contributed by atoms with van der Waals surface area (Å²) in [6.07, 6.45) is 9.93. The summed E-state index contributed by atoms with van der Waals surface area (Å²) < 4.78 is 1.25. The first-order chi connectivity index (χ1) is 8.81. The van der Waals surface area contributed by atoms with E-state index in [1.807, 2.05) is 11.3 Å². The lowest BCUT2D eigenvalue weighted by molar-refractivity contribution is 0.321. The molecular formula is C15H22BrNS. The number of hydrogen-bond donors (Lipinski definition) is 1. The van der Waals surface area contributed by atoms with E-state index in [1.165, 1.54) is 56.0 Å². The molecule has 2 aliphatic rings. The maximum absolute atomic E-state index is 3.75. The summed E-state index contributed by atoms with van der Waals surface area (Å²) in [4.78, 5) is 1.55. The molecule has 3 heteroatoms. The van der Waals surface area contributed by atoms with E-state index in [0.29, 0.717) is 0 Å². The summed E-state index contributed by atoms with van der Waals surface area (Å²) in [5.74, 6) is 1.83. The summed E-state index contributed by atoms with van der Waals surface area (Å²) in [5, 5.41) is 5.97. The van der Waals surface area contributed by atoms with Crippen molar-refractivity contribution in [2.75, 3.05) is 6.54 Å². The fourth-order valence-corrected chi connectivity index (χ4v) is 4.70. The van der Waals surface area contributed by atoms with Crippen LogP contribution in [0.25, 0.3) is 0 Å². The molecule has 2 aliphatic carbocycles. The Morgan fingerprint density at radius 3 is 2.67 bits per heavy atom. The van der Waals surface area contributed by atoms with E-state index < -0.39 is 0 Å². The zero-order chi connectivity index (χ0) is 12.4. The number of thiophene rings is 1. The van der Waals surface area contributed by atoms with Crippen LogP contribution in [0.3, 0.4) is 0 Å². The lowest BCUT2D eigenvalue weighted by atomic mass is 9.87. The van der Waals surface area contributed by atoms with Crippen LogP contribution in [0.5, 0.6) is 0 Å². The van der Waals surface area contributed by atoms with Crippen molar-refractivity contribution in [3.63, 3.8) is 0 Å². The molecule has 1 nitrogen and oxygen atoms in total. The van der Waals surface area contributed by atoms with Crippen molar-refractivity contribution in [3.05, 3.63) is 20.8 Å². The van der Waals surface area contributed by atoms with Crippen molar-refractivity contribution in [3.8, 4) is 0 Å². The van der Waals surface area contributed by atoms with Crippen LogP contribution in [-0.4, -0.2) is 12.6 Å². The van der Waals surface area contributed by atoms with E-state index in [-0.39, 0.29) is 0 Å². The second-order valence-electron chi connectivity index (χ2n) is 5.92. The van der Waals surface area contributed by atoms with Gasteiger partial charge in [0.15, 0.2) is 0 Å². The van der Waals surface area contributed by atoms with Gasteiger partial charge in [-0.15, -0.1) is 11.3 Å². The second-order valence-corrected chi connectivity index (χ2v) is 7.83. The van der Waals surface area contributed by atoms with Gasteiger partial charge in [-0.2, -0.15) is 0 Å². The molecule has 1 atom stereocenters. The number of nitrogens with one attached hydrogen (secondary N) is 1. The highest BCUT2D eigenvalue weighted by molar-refractivity contribution is 9.10. The van der Waals surface area contributed by atoms with Crippen molar-refractivity contribution in [1.82, 2.24) is 5.32 Å². The molecule has 1 aromatic heterocycles. The number of halogens is 1. The third kappa shape index (κ3) is 3.58. The van der Waals surface area contributed by atoms with Gasteiger partial charge in [-0.3, -0.25) is 0 Å². The van der Waals surface area contributed by atoms with Crippen LogP contribution in [0.1, 0.15) is 43.4 Å². The monoisotopic (exact) mass is 327 g/mol. The van der Waals surface area contributed by atoms with Gasteiger partial charge in [-0.1, -0.05) is 25.7 Å². The lowest BCUT2D eigenvalue weighted by Gasteiger charge is -2.23. The fraction of sp³-hybridized carbons (Fsp3) is 0.733. The van der Waals surface area contributed by atoms with Crippen LogP contribution in [0.4, 0.5) is 0 Å². The van der Waals surface area contributed by atoms with E-state index in [2.05, 4.69) is 32.7 Å². The predicted octanol–water partition coefficient (Wildman–Crippen LogP) is 4.61. The predicted molar refractivity (Wildman–Crippen MR) is 82.2 cm³/mol. The van der Waals surface area contributed by atoms with E-state index in [9.17, 15) is 0 Å². The van der Waals surface area contributed by atoms with Crippen LogP contribution in [-0.2, 0) is 6.42 Å². The minimum atomic E-state index is 0.851. The Balaban J connectivity index is 1.59. The van der Waals surface area contributed by atoms with Crippen LogP contribution >= 0.6 is 27.3 Å². The number of hydrogen-bond acceptors (Lipinski definition) is 2. The first kappa shape index (κ1) is 13.1. The second kappa shape index (κ2) is 6.06. The molecule has 2 saturated carbocycles. The van der Waals surface area contributed by atoms with Gasteiger partial charge < -0.3 is 5.32 Å². The molecule has 0 bridgehead atoms. The number of rotatable bonds is 6.